The molecule has 0 N–H and O–H groups in total. The van der Waals surface area contributed by atoms with Crippen LogP contribution in [0.1, 0.15) is 69.0 Å². The predicted molar refractivity (Wildman–Crippen MR) is 97.0 cm³/mol. The molecule has 134 valence electrons. The highest BCUT2D eigenvalue weighted by atomic mass is 16.6. The number of ether oxygens (including phenoxy) is 2. The first-order chi connectivity index (χ1) is 12.2. The summed E-state index contributed by atoms with van der Waals surface area (Å²) in [6, 6.07) is 7.20. The van der Waals surface area contributed by atoms with Crippen molar-refractivity contribution in [2.75, 3.05) is 26.3 Å². The minimum atomic E-state index is 0.285. The van der Waals surface area contributed by atoms with Crippen LogP contribution in [0.2, 0.25) is 0 Å². The first kappa shape index (κ1) is 16.7. The van der Waals surface area contributed by atoms with Crippen molar-refractivity contribution in [2.45, 2.75) is 63.3 Å². The summed E-state index contributed by atoms with van der Waals surface area (Å²) < 4.78 is 11.7. The smallest absolute Gasteiger partial charge is 0.161 e. The van der Waals surface area contributed by atoms with Crippen LogP contribution in [0.5, 0.6) is 11.5 Å². The standard InChI is InChI=1S/C21H28N2O2/c1-16-17-13-19-20(25-12-11-24-19)14-18(17)21(7-3-4-8-21)15-23(16)10-6-2-5-9-22/h13-14,16H,2-8,10-12,15H2,1H3/t16-/m0/s1. The van der Waals surface area contributed by atoms with Gasteiger partial charge in [0.05, 0.1) is 6.07 Å². The molecular formula is C21H28N2O2. The monoisotopic (exact) mass is 340 g/mol. The number of hydrogen-bond acceptors (Lipinski definition) is 4. The maximum absolute atomic E-state index is 8.78. The number of nitriles is 1. The van der Waals surface area contributed by atoms with Crippen LogP contribution in [-0.2, 0) is 5.41 Å². The highest BCUT2D eigenvalue weighted by molar-refractivity contribution is 5.53. The lowest BCUT2D eigenvalue weighted by Gasteiger charge is -2.46. The fraction of sp³-hybridized carbons (Fsp3) is 0.667. The molecule has 0 aromatic heterocycles. The topological polar surface area (TPSA) is 45.5 Å². The van der Waals surface area contributed by atoms with Gasteiger partial charge < -0.3 is 9.47 Å². The normalized spacial score (nSPS) is 24.1. The van der Waals surface area contributed by atoms with E-state index in [1.165, 1.54) is 36.8 Å². The van der Waals surface area contributed by atoms with E-state index in [1.807, 2.05) is 0 Å². The average Bonchev–Trinajstić information content (AvgIpc) is 3.11. The third kappa shape index (κ3) is 3.00. The number of nitrogens with zero attached hydrogens (tertiary/aromatic N) is 2. The molecule has 4 heteroatoms. The van der Waals surface area contributed by atoms with Gasteiger partial charge in [0.25, 0.3) is 0 Å². The van der Waals surface area contributed by atoms with Gasteiger partial charge in [0.2, 0.25) is 0 Å². The highest BCUT2D eigenvalue weighted by Gasteiger charge is 2.44. The third-order valence-electron chi connectivity index (χ3n) is 6.33. The summed E-state index contributed by atoms with van der Waals surface area (Å²) in [4.78, 5) is 2.64. The van der Waals surface area contributed by atoms with Gasteiger partial charge in [-0.3, -0.25) is 4.90 Å². The van der Waals surface area contributed by atoms with E-state index in [0.29, 0.717) is 25.7 Å². The van der Waals surface area contributed by atoms with Gasteiger partial charge in [-0.15, -0.1) is 0 Å². The van der Waals surface area contributed by atoms with Crippen LogP contribution in [0.4, 0.5) is 0 Å². The highest BCUT2D eigenvalue weighted by Crippen LogP contribution is 2.51. The molecule has 0 saturated heterocycles. The molecule has 0 radical (unpaired) electrons. The molecule has 1 aromatic rings. The van der Waals surface area contributed by atoms with Crippen LogP contribution in [-0.4, -0.2) is 31.2 Å². The maximum Gasteiger partial charge on any atom is 0.161 e. The Hall–Kier alpha value is -1.73. The number of fused-ring (bicyclic) bond motifs is 3. The van der Waals surface area contributed by atoms with E-state index in [4.69, 9.17) is 14.7 Å². The molecule has 0 unspecified atom stereocenters. The second-order valence-corrected chi connectivity index (χ2v) is 7.83. The zero-order valence-electron chi connectivity index (χ0n) is 15.2. The van der Waals surface area contributed by atoms with Crippen molar-refractivity contribution in [3.63, 3.8) is 0 Å². The first-order valence-corrected chi connectivity index (χ1v) is 9.78. The molecule has 1 fully saturated rings. The van der Waals surface area contributed by atoms with Crippen molar-refractivity contribution in [3.8, 4) is 17.6 Å². The molecular weight excluding hydrogens is 312 g/mol. The Morgan fingerprint density at radius 1 is 1.16 bits per heavy atom. The SMILES string of the molecule is C[C@H]1c2cc3c(cc2C2(CCCC2)CN1CCCCC#N)OCCO3. The summed E-state index contributed by atoms with van der Waals surface area (Å²) >= 11 is 0. The number of rotatable bonds is 4. The number of hydrogen-bond donors (Lipinski definition) is 0. The Morgan fingerprint density at radius 3 is 2.60 bits per heavy atom. The van der Waals surface area contributed by atoms with E-state index in [2.05, 4.69) is 30.0 Å². The number of benzene rings is 1. The molecule has 0 bridgehead atoms. The zero-order valence-corrected chi connectivity index (χ0v) is 15.2. The summed E-state index contributed by atoms with van der Waals surface area (Å²) in [7, 11) is 0. The van der Waals surface area contributed by atoms with E-state index < -0.39 is 0 Å². The summed E-state index contributed by atoms with van der Waals surface area (Å²) in [5, 5.41) is 8.78. The maximum atomic E-state index is 8.78. The lowest BCUT2D eigenvalue weighted by atomic mass is 9.71. The van der Waals surface area contributed by atoms with E-state index >= 15 is 0 Å². The zero-order chi connectivity index (χ0) is 17.3. The van der Waals surface area contributed by atoms with Gasteiger partial charge in [0.15, 0.2) is 11.5 Å². The van der Waals surface area contributed by atoms with Crippen LogP contribution in [0.15, 0.2) is 12.1 Å². The van der Waals surface area contributed by atoms with E-state index in [1.54, 1.807) is 0 Å². The molecule has 2 aliphatic heterocycles. The minimum absolute atomic E-state index is 0.285. The van der Waals surface area contributed by atoms with Gasteiger partial charge in [-0.1, -0.05) is 12.8 Å². The lowest BCUT2D eigenvalue weighted by Crippen LogP contribution is -2.46. The van der Waals surface area contributed by atoms with E-state index in [0.717, 1.165) is 37.4 Å². The largest absolute Gasteiger partial charge is 0.486 e. The summed E-state index contributed by atoms with van der Waals surface area (Å²) in [6.45, 7) is 5.84. The second kappa shape index (κ2) is 6.88. The number of unbranched alkanes of at least 4 members (excludes halogenated alkanes) is 2. The Bertz CT molecular complexity index is 673. The van der Waals surface area contributed by atoms with Gasteiger partial charge in [-0.05, 0) is 62.4 Å². The fourth-order valence-electron chi connectivity index (χ4n) is 4.99. The van der Waals surface area contributed by atoms with Crippen molar-refractivity contribution in [3.05, 3.63) is 23.3 Å². The Balaban J connectivity index is 1.66. The fourth-order valence-corrected chi connectivity index (χ4v) is 4.99. The van der Waals surface area contributed by atoms with Crippen molar-refractivity contribution in [1.29, 1.82) is 5.26 Å². The predicted octanol–water partition coefficient (Wildman–Crippen LogP) is 4.34. The molecule has 3 aliphatic rings. The van der Waals surface area contributed by atoms with E-state index in [-0.39, 0.29) is 5.41 Å². The van der Waals surface area contributed by atoms with Crippen LogP contribution < -0.4 is 9.47 Å². The van der Waals surface area contributed by atoms with Crippen molar-refractivity contribution < 1.29 is 9.47 Å². The molecule has 25 heavy (non-hydrogen) atoms. The van der Waals surface area contributed by atoms with Crippen LogP contribution >= 0.6 is 0 Å². The first-order valence-electron chi connectivity index (χ1n) is 9.78. The molecule has 1 atom stereocenters. The van der Waals surface area contributed by atoms with Crippen molar-refractivity contribution >= 4 is 0 Å². The van der Waals surface area contributed by atoms with Crippen molar-refractivity contribution in [1.82, 2.24) is 4.90 Å². The minimum Gasteiger partial charge on any atom is -0.486 e. The van der Waals surface area contributed by atoms with Crippen LogP contribution in [0, 0.1) is 11.3 Å². The Labute approximate surface area is 150 Å². The molecule has 1 saturated carbocycles. The second-order valence-electron chi connectivity index (χ2n) is 7.83. The van der Waals surface area contributed by atoms with Gasteiger partial charge in [0, 0.05) is 24.4 Å². The molecule has 1 aliphatic carbocycles. The Morgan fingerprint density at radius 2 is 1.88 bits per heavy atom. The summed E-state index contributed by atoms with van der Waals surface area (Å²) in [5.41, 5.74) is 3.22. The van der Waals surface area contributed by atoms with Gasteiger partial charge >= 0.3 is 0 Å². The summed E-state index contributed by atoms with van der Waals surface area (Å²) in [6.07, 6.45) is 7.98. The molecule has 4 rings (SSSR count). The molecule has 1 aromatic carbocycles. The quantitative estimate of drug-likeness (QED) is 0.765. The lowest BCUT2D eigenvalue weighted by molar-refractivity contribution is 0.130. The van der Waals surface area contributed by atoms with Crippen LogP contribution in [0.25, 0.3) is 0 Å². The average molecular weight is 340 g/mol. The van der Waals surface area contributed by atoms with Gasteiger partial charge in [-0.25, -0.2) is 0 Å². The van der Waals surface area contributed by atoms with Gasteiger partial charge in [0.1, 0.15) is 13.2 Å². The van der Waals surface area contributed by atoms with Crippen molar-refractivity contribution in [2.24, 2.45) is 0 Å². The Kier molecular flexibility index (Phi) is 4.60. The molecule has 1 spiro atoms. The van der Waals surface area contributed by atoms with Crippen LogP contribution in [0.3, 0.4) is 0 Å². The van der Waals surface area contributed by atoms with E-state index in [9.17, 15) is 0 Å². The molecule has 0 amide bonds. The molecule has 2 heterocycles. The third-order valence-corrected chi connectivity index (χ3v) is 6.33. The molecule has 4 nitrogen and oxygen atoms in total. The van der Waals surface area contributed by atoms with Gasteiger partial charge in [-0.2, -0.15) is 5.26 Å². The summed E-state index contributed by atoms with van der Waals surface area (Å²) in [5.74, 6) is 1.85.